The maximum absolute atomic E-state index is 5.98. The first-order chi connectivity index (χ1) is 10.3. The lowest BCUT2D eigenvalue weighted by atomic mass is 10.1. The van der Waals surface area contributed by atoms with Crippen LogP contribution in [-0.4, -0.2) is 21.3 Å². The maximum Gasteiger partial charge on any atom is 0.170 e. The smallest absolute Gasteiger partial charge is 0.170 e. The molecule has 1 aliphatic rings. The highest BCUT2D eigenvalue weighted by atomic mass is 16.5. The van der Waals surface area contributed by atoms with Gasteiger partial charge in [-0.25, -0.2) is 0 Å². The van der Waals surface area contributed by atoms with Gasteiger partial charge in [0.2, 0.25) is 0 Å². The molecule has 1 N–H and O–H groups in total. The first kappa shape index (κ1) is 14.1. The molecular weight excluding hydrogens is 264 g/mol. The summed E-state index contributed by atoms with van der Waals surface area (Å²) in [5.74, 6) is 1.82. The molecule has 3 rings (SSSR count). The number of aryl methyl sites for hydroxylation is 1. The Morgan fingerprint density at radius 3 is 3.10 bits per heavy atom. The highest BCUT2D eigenvalue weighted by Gasteiger charge is 2.24. The van der Waals surface area contributed by atoms with Crippen LogP contribution in [0.1, 0.15) is 42.8 Å². The summed E-state index contributed by atoms with van der Waals surface area (Å²) in [5, 5.41) is 11.5. The van der Waals surface area contributed by atoms with Gasteiger partial charge in [0.1, 0.15) is 18.7 Å². The second-order valence-electron chi connectivity index (χ2n) is 5.52. The van der Waals surface area contributed by atoms with Crippen molar-refractivity contribution in [1.29, 1.82) is 0 Å². The van der Waals surface area contributed by atoms with Gasteiger partial charge < -0.3 is 14.6 Å². The summed E-state index contributed by atoms with van der Waals surface area (Å²) in [4.78, 5) is 0. The lowest BCUT2D eigenvalue weighted by molar-refractivity contribution is 0.288. The first-order valence-corrected chi connectivity index (χ1v) is 7.60. The van der Waals surface area contributed by atoms with E-state index in [2.05, 4.69) is 40.6 Å². The number of hydrogen-bond donors (Lipinski definition) is 1. The summed E-state index contributed by atoms with van der Waals surface area (Å²) in [6, 6.07) is 6.82. The Kier molecular flexibility index (Phi) is 4.20. The van der Waals surface area contributed by atoms with Crippen molar-refractivity contribution in [3.63, 3.8) is 0 Å². The van der Waals surface area contributed by atoms with Gasteiger partial charge in [-0.15, -0.1) is 10.2 Å². The zero-order valence-corrected chi connectivity index (χ0v) is 12.7. The van der Waals surface area contributed by atoms with Gasteiger partial charge in [0, 0.05) is 13.1 Å². The molecule has 0 saturated carbocycles. The van der Waals surface area contributed by atoms with Crippen molar-refractivity contribution < 1.29 is 4.74 Å². The molecule has 1 aromatic carbocycles. The van der Waals surface area contributed by atoms with Gasteiger partial charge >= 0.3 is 0 Å². The fourth-order valence-electron chi connectivity index (χ4n) is 2.87. The minimum absolute atomic E-state index is 0.458. The van der Waals surface area contributed by atoms with E-state index < -0.39 is 0 Å². The molecule has 1 aliphatic carbocycles. The summed E-state index contributed by atoms with van der Waals surface area (Å²) in [6.45, 7) is 3.72. The monoisotopic (exact) mass is 286 g/mol. The third-order valence-electron chi connectivity index (χ3n) is 4.03. The van der Waals surface area contributed by atoms with E-state index >= 15 is 0 Å². The molecule has 112 valence electrons. The molecule has 0 fully saturated rings. The third-order valence-corrected chi connectivity index (χ3v) is 4.03. The normalized spacial score (nSPS) is 17.0. The number of hydrogen-bond acceptors (Lipinski definition) is 4. The number of nitrogens with one attached hydrogen (secondary N) is 1. The second kappa shape index (κ2) is 6.26. The van der Waals surface area contributed by atoms with E-state index in [4.69, 9.17) is 4.74 Å². The minimum Gasteiger partial charge on any atom is -0.485 e. The van der Waals surface area contributed by atoms with Crippen LogP contribution in [0.15, 0.2) is 24.5 Å². The van der Waals surface area contributed by atoms with E-state index in [1.807, 2.05) is 11.6 Å². The SMILES string of the molecule is CCCNC1CCc2c(OCc3nncn3C)cccc21. The molecule has 0 amide bonds. The first-order valence-electron chi connectivity index (χ1n) is 7.60. The van der Waals surface area contributed by atoms with Crippen molar-refractivity contribution >= 4 is 0 Å². The Morgan fingerprint density at radius 2 is 2.33 bits per heavy atom. The number of rotatable bonds is 6. The summed E-state index contributed by atoms with van der Waals surface area (Å²) in [7, 11) is 1.93. The van der Waals surface area contributed by atoms with Crippen LogP contribution < -0.4 is 10.1 Å². The number of fused-ring (bicyclic) bond motifs is 1. The largest absolute Gasteiger partial charge is 0.485 e. The topological polar surface area (TPSA) is 52.0 Å². The van der Waals surface area contributed by atoms with Crippen LogP contribution in [-0.2, 0) is 20.1 Å². The molecule has 0 saturated heterocycles. The van der Waals surface area contributed by atoms with Crippen molar-refractivity contribution in [2.45, 2.75) is 38.8 Å². The molecule has 5 nitrogen and oxygen atoms in total. The predicted octanol–water partition coefficient (Wildman–Crippen LogP) is 2.38. The van der Waals surface area contributed by atoms with E-state index in [1.54, 1.807) is 6.33 Å². The van der Waals surface area contributed by atoms with Crippen LogP contribution in [0, 0.1) is 0 Å². The molecule has 1 heterocycles. The van der Waals surface area contributed by atoms with Crippen LogP contribution in [0.2, 0.25) is 0 Å². The average Bonchev–Trinajstić information content (AvgIpc) is 3.09. The molecule has 0 aliphatic heterocycles. The quantitative estimate of drug-likeness (QED) is 0.886. The molecule has 5 heteroatoms. The van der Waals surface area contributed by atoms with Gasteiger partial charge in [0.15, 0.2) is 5.82 Å². The fraction of sp³-hybridized carbons (Fsp3) is 0.500. The van der Waals surface area contributed by atoms with Crippen LogP contribution in [0.4, 0.5) is 0 Å². The molecule has 21 heavy (non-hydrogen) atoms. The van der Waals surface area contributed by atoms with Crippen molar-refractivity contribution in [2.24, 2.45) is 7.05 Å². The Balaban J connectivity index is 1.73. The number of aromatic nitrogens is 3. The molecule has 0 radical (unpaired) electrons. The number of benzene rings is 1. The van der Waals surface area contributed by atoms with E-state index in [0.717, 1.165) is 37.4 Å². The van der Waals surface area contributed by atoms with Crippen molar-refractivity contribution in [2.75, 3.05) is 6.54 Å². The van der Waals surface area contributed by atoms with Crippen LogP contribution in [0.5, 0.6) is 5.75 Å². The van der Waals surface area contributed by atoms with Crippen molar-refractivity contribution in [3.05, 3.63) is 41.5 Å². The maximum atomic E-state index is 5.98. The molecule has 1 atom stereocenters. The van der Waals surface area contributed by atoms with Gasteiger partial charge in [-0.1, -0.05) is 19.1 Å². The fourth-order valence-corrected chi connectivity index (χ4v) is 2.87. The van der Waals surface area contributed by atoms with Gasteiger partial charge in [0.05, 0.1) is 0 Å². The van der Waals surface area contributed by atoms with E-state index in [0.29, 0.717) is 12.6 Å². The van der Waals surface area contributed by atoms with Gasteiger partial charge in [0.25, 0.3) is 0 Å². The highest BCUT2D eigenvalue weighted by Crippen LogP contribution is 2.37. The summed E-state index contributed by atoms with van der Waals surface area (Å²) < 4.78 is 7.86. The summed E-state index contributed by atoms with van der Waals surface area (Å²) in [5.41, 5.74) is 2.73. The third kappa shape index (κ3) is 2.93. The lowest BCUT2D eigenvalue weighted by Gasteiger charge is -2.14. The van der Waals surface area contributed by atoms with Crippen molar-refractivity contribution in [1.82, 2.24) is 20.1 Å². The molecule has 1 aromatic heterocycles. The Morgan fingerprint density at radius 1 is 1.43 bits per heavy atom. The molecule has 0 spiro atoms. The highest BCUT2D eigenvalue weighted by molar-refractivity contribution is 5.45. The zero-order valence-electron chi connectivity index (χ0n) is 12.7. The van der Waals surface area contributed by atoms with Gasteiger partial charge in [-0.3, -0.25) is 0 Å². The average molecular weight is 286 g/mol. The summed E-state index contributed by atoms with van der Waals surface area (Å²) >= 11 is 0. The zero-order chi connectivity index (χ0) is 14.7. The standard InChI is InChI=1S/C16H22N4O/c1-3-9-17-14-8-7-13-12(14)5-4-6-15(13)21-10-16-19-18-11-20(16)2/h4-6,11,14,17H,3,7-10H2,1-2H3. The Hall–Kier alpha value is -1.88. The predicted molar refractivity (Wildman–Crippen MR) is 81.1 cm³/mol. The van der Waals surface area contributed by atoms with E-state index in [-0.39, 0.29) is 0 Å². The van der Waals surface area contributed by atoms with Gasteiger partial charge in [-0.05, 0) is 43.0 Å². The van der Waals surface area contributed by atoms with Gasteiger partial charge in [-0.2, -0.15) is 0 Å². The van der Waals surface area contributed by atoms with E-state index in [9.17, 15) is 0 Å². The molecule has 1 unspecified atom stereocenters. The van der Waals surface area contributed by atoms with Crippen LogP contribution in [0.25, 0.3) is 0 Å². The molecule has 2 aromatic rings. The number of nitrogens with zero attached hydrogens (tertiary/aromatic N) is 3. The Bertz CT molecular complexity index is 608. The van der Waals surface area contributed by atoms with E-state index in [1.165, 1.54) is 11.1 Å². The number of ether oxygens (including phenoxy) is 1. The second-order valence-corrected chi connectivity index (χ2v) is 5.52. The lowest BCUT2D eigenvalue weighted by Crippen LogP contribution is -2.19. The summed E-state index contributed by atoms with van der Waals surface area (Å²) in [6.07, 6.45) is 5.08. The minimum atomic E-state index is 0.458. The Labute approximate surface area is 125 Å². The molecule has 0 bridgehead atoms. The van der Waals surface area contributed by atoms with Crippen LogP contribution in [0.3, 0.4) is 0 Å². The van der Waals surface area contributed by atoms with Crippen molar-refractivity contribution in [3.8, 4) is 5.75 Å². The van der Waals surface area contributed by atoms with Crippen LogP contribution >= 0.6 is 0 Å². The molecular formula is C16H22N4O.